The minimum absolute atomic E-state index is 0.342. The van der Waals surface area contributed by atoms with Gasteiger partial charge in [0.25, 0.3) is 0 Å². The van der Waals surface area contributed by atoms with Gasteiger partial charge in [0.1, 0.15) is 16.4 Å². The van der Waals surface area contributed by atoms with E-state index < -0.39 is 0 Å². The molecule has 0 aliphatic carbocycles. The second kappa shape index (κ2) is 5.09. The Balaban J connectivity index is 2.52. The number of hydrogen-bond donors (Lipinski definition) is 1. The van der Waals surface area contributed by atoms with Gasteiger partial charge in [0, 0.05) is 10.4 Å². The summed E-state index contributed by atoms with van der Waals surface area (Å²) >= 11 is 1.36. The molecule has 2 heterocycles. The molecule has 19 heavy (non-hydrogen) atoms. The Morgan fingerprint density at radius 1 is 1.42 bits per heavy atom. The highest BCUT2D eigenvalue weighted by Crippen LogP contribution is 2.40. The Labute approximate surface area is 116 Å². The first-order chi connectivity index (χ1) is 8.95. The van der Waals surface area contributed by atoms with E-state index in [4.69, 9.17) is 14.9 Å². The lowest BCUT2D eigenvalue weighted by Crippen LogP contribution is -2.05. The lowest BCUT2D eigenvalue weighted by Gasteiger charge is -1.99. The van der Waals surface area contributed by atoms with Crippen LogP contribution in [-0.2, 0) is 4.74 Å². The molecule has 0 aromatic carbocycles. The number of nitrogens with two attached hydrogens (primary N) is 1. The number of furan rings is 1. The Kier molecular flexibility index (Phi) is 3.66. The van der Waals surface area contributed by atoms with Gasteiger partial charge < -0.3 is 14.9 Å². The van der Waals surface area contributed by atoms with Gasteiger partial charge in [-0.15, -0.1) is 11.3 Å². The van der Waals surface area contributed by atoms with E-state index in [2.05, 4.69) is 0 Å². The van der Waals surface area contributed by atoms with Crippen LogP contribution >= 0.6 is 11.3 Å². The SMILES string of the molecule is CCOC(=O)c1sc(-c2cc(C)oc2C)c(C)c1N. The maximum absolute atomic E-state index is 11.8. The van der Waals surface area contributed by atoms with E-state index in [9.17, 15) is 4.79 Å². The van der Waals surface area contributed by atoms with Crippen molar-refractivity contribution in [3.8, 4) is 10.4 Å². The molecule has 2 N–H and O–H groups in total. The molecule has 5 heteroatoms. The predicted molar refractivity (Wildman–Crippen MR) is 76.6 cm³/mol. The molecule has 102 valence electrons. The van der Waals surface area contributed by atoms with E-state index in [1.165, 1.54) is 11.3 Å². The molecule has 0 radical (unpaired) electrons. The molecule has 4 nitrogen and oxygen atoms in total. The number of esters is 1. The molecule has 2 aromatic heterocycles. The predicted octanol–water partition coefficient (Wildman–Crippen LogP) is 3.69. The summed E-state index contributed by atoms with van der Waals surface area (Å²) in [6.45, 7) is 7.83. The van der Waals surface area contributed by atoms with Crippen molar-refractivity contribution in [1.82, 2.24) is 0 Å². The monoisotopic (exact) mass is 279 g/mol. The first-order valence-corrected chi connectivity index (χ1v) is 6.90. The topological polar surface area (TPSA) is 65.5 Å². The second-order valence-corrected chi connectivity index (χ2v) is 5.37. The standard InChI is InChI=1S/C14H17NO3S/c1-5-17-14(16)13-11(15)8(3)12(19-13)10-6-7(2)18-9(10)4/h6H,5,15H2,1-4H3. The number of hydrogen-bond acceptors (Lipinski definition) is 5. The highest BCUT2D eigenvalue weighted by molar-refractivity contribution is 7.18. The quantitative estimate of drug-likeness (QED) is 0.870. The van der Waals surface area contributed by atoms with Gasteiger partial charge in [-0.1, -0.05) is 0 Å². The van der Waals surface area contributed by atoms with Crippen LogP contribution in [0.3, 0.4) is 0 Å². The molecular weight excluding hydrogens is 262 g/mol. The summed E-state index contributed by atoms with van der Waals surface area (Å²) in [5.74, 6) is 1.31. The molecule has 0 bridgehead atoms. The lowest BCUT2D eigenvalue weighted by molar-refractivity contribution is 0.0533. The van der Waals surface area contributed by atoms with Crippen LogP contribution in [0.2, 0.25) is 0 Å². The minimum Gasteiger partial charge on any atom is -0.466 e. The lowest BCUT2D eigenvalue weighted by atomic mass is 10.1. The van der Waals surface area contributed by atoms with Gasteiger partial charge in [0.2, 0.25) is 0 Å². The van der Waals surface area contributed by atoms with Gasteiger partial charge in [0.05, 0.1) is 12.3 Å². The zero-order chi connectivity index (χ0) is 14.2. The molecule has 0 unspecified atom stereocenters. The first-order valence-electron chi connectivity index (χ1n) is 6.09. The van der Waals surface area contributed by atoms with Crippen molar-refractivity contribution in [3.05, 3.63) is 28.0 Å². The summed E-state index contributed by atoms with van der Waals surface area (Å²) in [6.07, 6.45) is 0. The van der Waals surface area contributed by atoms with Gasteiger partial charge >= 0.3 is 5.97 Å². The highest BCUT2D eigenvalue weighted by Gasteiger charge is 2.22. The van der Waals surface area contributed by atoms with Gasteiger partial charge in [-0.05, 0) is 39.3 Å². The number of aryl methyl sites for hydroxylation is 2. The fourth-order valence-electron chi connectivity index (χ4n) is 1.99. The number of thiophene rings is 1. The van der Waals surface area contributed by atoms with Crippen molar-refractivity contribution >= 4 is 23.0 Å². The average molecular weight is 279 g/mol. The van der Waals surface area contributed by atoms with Crippen molar-refractivity contribution in [2.24, 2.45) is 0 Å². The van der Waals surface area contributed by atoms with Gasteiger partial charge in [-0.2, -0.15) is 0 Å². The minimum atomic E-state index is -0.364. The highest BCUT2D eigenvalue weighted by atomic mass is 32.1. The van der Waals surface area contributed by atoms with Crippen LogP contribution in [0.1, 0.15) is 33.7 Å². The van der Waals surface area contributed by atoms with Crippen LogP contribution in [0.15, 0.2) is 10.5 Å². The van der Waals surface area contributed by atoms with Crippen molar-refractivity contribution in [3.63, 3.8) is 0 Å². The number of rotatable bonds is 3. The van der Waals surface area contributed by atoms with Crippen molar-refractivity contribution in [2.45, 2.75) is 27.7 Å². The number of carbonyl (C=O) groups excluding carboxylic acids is 1. The van der Waals surface area contributed by atoms with Crippen LogP contribution in [0.5, 0.6) is 0 Å². The van der Waals surface area contributed by atoms with Gasteiger partial charge in [0.15, 0.2) is 0 Å². The molecule has 0 saturated heterocycles. The largest absolute Gasteiger partial charge is 0.466 e. The van der Waals surface area contributed by atoms with Gasteiger partial charge in [-0.25, -0.2) is 4.79 Å². The molecule has 0 saturated carbocycles. The zero-order valence-electron chi connectivity index (χ0n) is 11.5. The Hall–Kier alpha value is -1.75. The molecule has 0 spiro atoms. The summed E-state index contributed by atoms with van der Waals surface area (Å²) in [6, 6.07) is 1.96. The Morgan fingerprint density at radius 2 is 2.11 bits per heavy atom. The number of anilines is 1. The van der Waals surface area contributed by atoms with Crippen molar-refractivity contribution in [2.75, 3.05) is 12.3 Å². The maximum atomic E-state index is 11.8. The van der Waals surface area contributed by atoms with Crippen LogP contribution in [0, 0.1) is 20.8 Å². The number of ether oxygens (including phenoxy) is 1. The third-order valence-electron chi connectivity index (χ3n) is 2.94. The van der Waals surface area contributed by atoms with E-state index in [-0.39, 0.29) is 5.97 Å². The van der Waals surface area contributed by atoms with E-state index in [0.29, 0.717) is 17.2 Å². The van der Waals surface area contributed by atoms with E-state index in [1.807, 2.05) is 26.8 Å². The summed E-state index contributed by atoms with van der Waals surface area (Å²) in [5, 5.41) is 0. The normalized spacial score (nSPS) is 10.7. The van der Waals surface area contributed by atoms with Crippen LogP contribution in [0.25, 0.3) is 10.4 Å². The second-order valence-electron chi connectivity index (χ2n) is 4.35. The average Bonchev–Trinajstić information content (AvgIpc) is 2.82. The van der Waals surface area contributed by atoms with Crippen molar-refractivity contribution in [1.29, 1.82) is 0 Å². The van der Waals surface area contributed by atoms with Crippen molar-refractivity contribution < 1.29 is 13.9 Å². The number of carbonyl (C=O) groups is 1. The fraction of sp³-hybridized carbons (Fsp3) is 0.357. The molecule has 0 aliphatic heterocycles. The van der Waals surface area contributed by atoms with Crippen LogP contribution < -0.4 is 5.73 Å². The molecule has 0 atom stereocenters. The summed E-state index contributed by atoms with van der Waals surface area (Å²) < 4.78 is 10.5. The van der Waals surface area contributed by atoms with Crippen LogP contribution in [0.4, 0.5) is 5.69 Å². The van der Waals surface area contributed by atoms with Crippen LogP contribution in [-0.4, -0.2) is 12.6 Å². The third-order valence-corrected chi connectivity index (χ3v) is 4.26. The molecular formula is C14H17NO3S. The van der Waals surface area contributed by atoms with E-state index >= 15 is 0 Å². The molecule has 0 fully saturated rings. The fourth-order valence-corrected chi connectivity index (χ4v) is 3.17. The Bertz CT molecular complexity index is 625. The number of nitrogen functional groups attached to an aromatic ring is 1. The van der Waals surface area contributed by atoms with E-state index in [0.717, 1.165) is 27.5 Å². The molecule has 0 aliphatic rings. The zero-order valence-corrected chi connectivity index (χ0v) is 12.3. The van der Waals surface area contributed by atoms with Gasteiger partial charge in [-0.3, -0.25) is 0 Å². The van der Waals surface area contributed by atoms with E-state index in [1.54, 1.807) is 6.92 Å². The summed E-state index contributed by atoms with van der Waals surface area (Å²) in [7, 11) is 0. The molecule has 0 amide bonds. The maximum Gasteiger partial charge on any atom is 0.350 e. The Morgan fingerprint density at radius 3 is 2.63 bits per heavy atom. The molecule has 2 aromatic rings. The summed E-state index contributed by atoms with van der Waals surface area (Å²) in [5.41, 5.74) is 8.39. The summed E-state index contributed by atoms with van der Waals surface area (Å²) in [4.78, 5) is 13.3. The first kappa shape index (κ1) is 13.7. The molecule has 2 rings (SSSR count). The third kappa shape index (κ3) is 2.38. The smallest absolute Gasteiger partial charge is 0.350 e.